The SMILES string of the molecule is CCN(CC)C1C(O)=C(C(N)=O)C(=O)[C@@]2(O)C(O)=C3C(=O)c4c(O)cc(CN5CCc6ccccc6C5)c(Cl)c4C[C@H]3C[C@@H]12. The highest BCUT2D eigenvalue weighted by molar-refractivity contribution is 6.33. The molecule has 3 aliphatic carbocycles. The van der Waals surface area contributed by atoms with Gasteiger partial charge in [0.15, 0.2) is 11.4 Å². The van der Waals surface area contributed by atoms with Crippen molar-refractivity contribution in [2.75, 3.05) is 19.6 Å². The van der Waals surface area contributed by atoms with E-state index in [1.807, 2.05) is 26.0 Å². The van der Waals surface area contributed by atoms with Gasteiger partial charge in [0.25, 0.3) is 5.91 Å². The number of hydrogen-bond acceptors (Lipinski definition) is 9. The number of aliphatic hydroxyl groups excluding tert-OH is 2. The van der Waals surface area contributed by atoms with Gasteiger partial charge in [0.1, 0.15) is 22.8 Å². The predicted molar refractivity (Wildman–Crippen MR) is 162 cm³/mol. The molecular formula is C33H36ClN3O7. The predicted octanol–water partition coefficient (Wildman–Crippen LogP) is 3.11. The number of aromatic hydroxyl groups is 1. The third-order valence-corrected chi connectivity index (χ3v) is 10.5. The second kappa shape index (κ2) is 11.0. The number of primary amides is 1. The maximum Gasteiger partial charge on any atom is 0.255 e. The Balaban J connectivity index is 1.41. The Bertz CT molecular complexity index is 1660. The molecule has 1 heterocycles. The van der Waals surface area contributed by atoms with Gasteiger partial charge in [-0.05, 0) is 66.6 Å². The number of nitrogens with zero attached hydrogens (tertiary/aromatic N) is 2. The average molecular weight is 622 g/mol. The van der Waals surface area contributed by atoms with E-state index in [2.05, 4.69) is 17.0 Å². The summed E-state index contributed by atoms with van der Waals surface area (Å²) in [6.07, 6.45) is 1.06. The first kappa shape index (κ1) is 30.3. The number of halogens is 1. The van der Waals surface area contributed by atoms with Crippen LogP contribution < -0.4 is 5.73 Å². The topological polar surface area (TPSA) is 165 Å². The van der Waals surface area contributed by atoms with Crippen molar-refractivity contribution in [2.45, 2.75) is 57.8 Å². The summed E-state index contributed by atoms with van der Waals surface area (Å²) < 4.78 is 0. The molecule has 1 aliphatic heterocycles. The number of Topliss-reactive ketones (excluding diaryl/α,β-unsaturated/α-hetero) is 2. The smallest absolute Gasteiger partial charge is 0.255 e. The van der Waals surface area contributed by atoms with Crippen LogP contribution in [0.1, 0.15) is 52.9 Å². The molecule has 0 aromatic heterocycles. The van der Waals surface area contributed by atoms with Crippen LogP contribution in [0.3, 0.4) is 0 Å². The number of aliphatic hydroxyl groups is 3. The summed E-state index contributed by atoms with van der Waals surface area (Å²) in [6.45, 7) is 6.42. The minimum absolute atomic E-state index is 0.0221. The molecule has 0 saturated carbocycles. The third kappa shape index (κ3) is 4.38. The van der Waals surface area contributed by atoms with E-state index >= 15 is 0 Å². The molecule has 1 unspecified atom stereocenters. The first-order valence-corrected chi connectivity index (χ1v) is 15.4. The number of benzene rings is 2. The summed E-state index contributed by atoms with van der Waals surface area (Å²) in [4.78, 5) is 43.9. The van der Waals surface area contributed by atoms with Crippen LogP contribution in [0, 0.1) is 11.8 Å². The number of phenolic OH excluding ortho intramolecular Hbond substituents is 1. The minimum atomic E-state index is -2.67. The number of ketones is 2. The lowest BCUT2D eigenvalue weighted by Gasteiger charge is -2.51. The van der Waals surface area contributed by atoms with E-state index in [0.717, 1.165) is 19.5 Å². The average Bonchev–Trinajstić information content (AvgIpc) is 2.99. The van der Waals surface area contributed by atoms with E-state index in [0.29, 0.717) is 35.8 Å². The summed E-state index contributed by atoms with van der Waals surface area (Å²) in [5, 5.41) is 46.1. The van der Waals surface area contributed by atoms with E-state index in [-0.39, 0.29) is 29.7 Å². The first-order chi connectivity index (χ1) is 20.9. The van der Waals surface area contributed by atoms with E-state index in [4.69, 9.17) is 17.3 Å². The molecule has 6 rings (SSSR count). The molecule has 4 atom stereocenters. The van der Waals surface area contributed by atoms with Crippen molar-refractivity contribution in [1.82, 2.24) is 9.80 Å². The highest BCUT2D eigenvalue weighted by atomic mass is 35.5. The standard InChI is InChI=1S/C33H36ClN3O7/c1-3-37(4-2)27-21-12-18-11-20-24(28(39)23(18)30(41)33(21,44)31(42)25(29(27)40)32(35)43)22(38)13-19(26(20)34)15-36-10-9-16-7-5-6-8-17(16)14-36/h5-8,13,18,21,27,38,40-41,44H,3-4,9-12,14-15H2,1-2H3,(H2,35,43)/t18-,21-,27?,33-/m0/s1. The summed E-state index contributed by atoms with van der Waals surface area (Å²) in [6, 6.07) is 8.69. The van der Waals surface area contributed by atoms with Crippen LogP contribution in [0.15, 0.2) is 53.0 Å². The van der Waals surface area contributed by atoms with Gasteiger partial charge in [-0.25, -0.2) is 0 Å². The second-order valence-electron chi connectivity index (χ2n) is 12.2. The zero-order valence-corrected chi connectivity index (χ0v) is 25.4. The van der Waals surface area contributed by atoms with Crippen molar-refractivity contribution >= 4 is 29.1 Å². The number of carbonyl (C=O) groups excluding carboxylic acids is 3. The summed E-state index contributed by atoms with van der Waals surface area (Å²) in [5.74, 6) is -6.75. The molecule has 11 heteroatoms. The number of likely N-dealkylation sites (N-methyl/N-ethyl adjacent to an activating group) is 1. The highest BCUT2D eigenvalue weighted by Gasteiger charge is 2.63. The number of amides is 1. The van der Waals surface area contributed by atoms with Crippen molar-refractivity contribution in [3.05, 3.63) is 85.8 Å². The fourth-order valence-electron chi connectivity index (χ4n) is 7.84. The number of hydrogen-bond donors (Lipinski definition) is 5. The zero-order valence-electron chi connectivity index (χ0n) is 24.6. The van der Waals surface area contributed by atoms with E-state index in [1.165, 1.54) is 17.2 Å². The van der Waals surface area contributed by atoms with Crippen LogP contribution in [0.5, 0.6) is 5.75 Å². The number of nitrogens with two attached hydrogens (primary N) is 1. The van der Waals surface area contributed by atoms with Gasteiger partial charge in [0.2, 0.25) is 5.78 Å². The molecule has 2 aromatic rings. The Morgan fingerprint density at radius 2 is 1.82 bits per heavy atom. The van der Waals surface area contributed by atoms with Gasteiger partial charge in [-0.3, -0.25) is 24.2 Å². The molecule has 232 valence electrons. The fraction of sp³-hybridized carbons (Fsp3) is 0.424. The molecule has 0 spiro atoms. The van der Waals surface area contributed by atoms with Crippen molar-refractivity contribution in [1.29, 1.82) is 0 Å². The Labute approximate surface area is 260 Å². The van der Waals surface area contributed by atoms with E-state index in [9.17, 15) is 34.8 Å². The van der Waals surface area contributed by atoms with Gasteiger partial charge in [-0.15, -0.1) is 0 Å². The summed E-state index contributed by atoms with van der Waals surface area (Å²) in [5.41, 5.74) is 5.33. The number of carbonyl (C=O) groups is 3. The van der Waals surface area contributed by atoms with Crippen molar-refractivity contribution in [3.63, 3.8) is 0 Å². The minimum Gasteiger partial charge on any atom is -0.510 e. The zero-order chi connectivity index (χ0) is 31.7. The third-order valence-electron chi connectivity index (χ3n) is 9.98. The molecule has 44 heavy (non-hydrogen) atoms. The largest absolute Gasteiger partial charge is 0.510 e. The summed E-state index contributed by atoms with van der Waals surface area (Å²) in [7, 11) is 0. The molecule has 6 N–H and O–H groups in total. The molecule has 10 nitrogen and oxygen atoms in total. The number of allylic oxidation sites excluding steroid dienone is 1. The second-order valence-corrected chi connectivity index (χ2v) is 12.6. The van der Waals surface area contributed by atoms with Crippen LogP contribution >= 0.6 is 11.6 Å². The Morgan fingerprint density at radius 1 is 1.14 bits per heavy atom. The van der Waals surface area contributed by atoms with Gasteiger partial charge in [0, 0.05) is 36.1 Å². The molecule has 1 amide bonds. The molecule has 4 aliphatic rings. The summed E-state index contributed by atoms with van der Waals surface area (Å²) >= 11 is 6.96. The van der Waals surface area contributed by atoms with Gasteiger partial charge < -0.3 is 26.2 Å². The number of fused-ring (bicyclic) bond motifs is 4. The van der Waals surface area contributed by atoms with Crippen LogP contribution in [0.25, 0.3) is 0 Å². The highest BCUT2D eigenvalue weighted by Crippen LogP contribution is 2.53. The lowest BCUT2D eigenvalue weighted by molar-refractivity contribution is -0.149. The molecule has 0 saturated heterocycles. The van der Waals surface area contributed by atoms with Gasteiger partial charge >= 0.3 is 0 Å². The lowest BCUT2D eigenvalue weighted by atomic mass is 9.58. The molecular weight excluding hydrogens is 586 g/mol. The molecule has 2 aromatic carbocycles. The van der Waals surface area contributed by atoms with Crippen LogP contribution in [-0.2, 0) is 35.5 Å². The molecule has 0 radical (unpaired) electrons. The lowest BCUT2D eigenvalue weighted by Crippen LogP contribution is -2.64. The maximum atomic E-state index is 14.0. The normalized spacial score (nSPS) is 26.8. The fourth-order valence-corrected chi connectivity index (χ4v) is 8.12. The monoisotopic (exact) mass is 621 g/mol. The van der Waals surface area contributed by atoms with Crippen LogP contribution in [0.4, 0.5) is 0 Å². The number of phenols is 1. The van der Waals surface area contributed by atoms with Crippen molar-refractivity contribution in [3.8, 4) is 5.75 Å². The van der Waals surface area contributed by atoms with Crippen LogP contribution in [-0.4, -0.2) is 79.0 Å². The first-order valence-electron chi connectivity index (χ1n) is 15.0. The Morgan fingerprint density at radius 3 is 2.48 bits per heavy atom. The van der Waals surface area contributed by atoms with Gasteiger partial charge in [0.05, 0.1) is 11.6 Å². The van der Waals surface area contributed by atoms with E-state index < -0.39 is 58.0 Å². The Kier molecular flexibility index (Phi) is 7.60. The number of rotatable bonds is 6. The Hall–Kier alpha value is -3.70. The van der Waals surface area contributed by atoms with Crippen molar-refractivity contribution < 1.29 is 34.8 Å². The van der Waals surface area contributed by atoms with Gasteiger partial charge in [-0.2, -0.15) is 0 Å². The maximum absolute atomic E-state index is 14.0. The van der Waals surface area contributed by atoms with E-state index in [1.54, 1.807) is 4.90 Å². The van der Waals surface area contributed by atoms with Gasteiger partial charge in [-0.1, -0.05) is 49.7 Å². The molecule has 0 bridgehead atoms. The van der Waals surface area contributed by atoms with Crippen LogP contribution in [0.2, 0.25) is 5.02 Å². The molecule has 0 fully saturated rings. The van der Waals surface area contributed by atoms with Crippen molar-refractivity contribution in [2.24, 2.45) is 17.6 Å². The quantitative estimate of drug-likeness (QED) is 0.305.